The number of aromatic nitrogens is 2. The molecular formula is C7H10N4O2. The first-order valence-corrected chi connectivity index (χ1v) is 3.63. The van der Waals surface area contributed by atoms with E-state index >= 15 is 0 Å². The van der Waals surface area contributed by atoms with Gasteiger partial charge in [-0.1, -0.05) is 0 Å². The third-order valence-corrected chi connectivity index (χ3v) is 1.44. The van der Waals surface area contributed by atoms with Crippen LogP contribution < -0.4 is 5.73 Å². The lowest BCUT2D eigenvalue weighted by atomic mass is 10.5. The zero-order chi connectivity index (χ0) is 9.84. The minimum atomic E-state index is -0.545. The van der Waals surface area contributed by atoms with E-state index in [-0.39, 0.29) is 12.6 Å². The number of rotatable bonds is 2. The second-order valence-corrected chi connectivity index (χ2v) is 2.57. The van der Waals surface area contributed by atoms with Crippen molar-refractivity contribution in [1.82, 2.24) is 14.5 Å². The first-order chi connectivity index (χ1) is 6.11. The molecule has 0 aliphatic carbocycles. The number of imidazole rings is 1. The number of nitrogens with zero attached hydrogens (tertiary/aromatic N) is 3. The second kappa shape index (κ2) is 3.70. The topological polar surface area (TPSA) is 81.2 Å². The van der Waals surface area contributed by atoms with Crippen LogP contribution in [0.4, 0.5) is 4.79 Å². The molecular weight excluding hydrogens is 172 g/mol. The fourth-order valence-corrected chi connectivity index (χ4v) is 0.871. The maximum absolute atomic E-state index is 11.4. The number of primary amides is 1. The zero-order valence-corrected chi connectivity index (χ0v) is 7.17. The first-order valence-electron chi connectivity index (χ1n) is 3.63. The van der Waals surface area contributed by atoms with Gasteiger partial charge in [0.1, 0.15) is 12.9 Å². The van der Waals surface area contributed by atoms with Gasteiger partial charge in [-0.2, -0.15) is 0 Å². The molecule has 0 fully saturated rings. The Balaban J connectivity index is 2.63. The van der Waals surface area contributed by atoms with Crippen molar-refractivity contribution < 1.29 is 9.59 Å². The molecule has 0 unspecified atom stereocenters. The zero-order valence-electron chi connectivity index (χ0n) is 7.17. The molecule has 2 N–H and O–H groups in total. The largest absolute Gasteiger partial charge is 0.368 e. The van der Waals surface area contributed by atoms with Crippen LogP contribution in [0.1, 0.15) is 0 Å². The Morgan fingerprint density at radius 1 is 1.62 bits per heavy atom. The van der Waals surface area contributed by atoms with Gasteiger partial charge in [-0.3, -0.25) is 9.36 Å². The van der Waals surface area contributed by atoms with Gasteiger partial charge in [0.2, 0.25) is 5.91 Å². The summed E-state index contributed by atoms with van der Waals surface area (Å²) in [4.78, 5) is 26.8. The van der Waals surface area contributed by atoms with E-state index in [1.807, 2.05) is 0 Å². The number of amides is 2. The van der Waals surface area contributed by atoms with Crippen molar-refractivity contribution in [3.63, 3.8) is 0 Å². The van der Waals surface area contributed by atoms with Crippen LogP contribution in [0.25, 0.3) is 0 Å². The molecule has 2 amide bonds. The molecule has 1 heterocycles. The van der Waals surface area contributed by atoms with E-state index in [1.54, 1.807) is 0 Å². The van der Waals surface area contributed by atoms with E-state index in [0.29, 0.717) is 0 Å². The third kappa shape index (κ3) is 2.29. The molecule has 0 aromatic carbocycles. The second-order valence-electron chi connectivity index (χ2n) is 2.57. The van der Waals surface area contributed by atoms with Crippen LogP contribution in [0.15, 0.2) is 18.7 Å². The molecule has 1 aromatic heterocycles. The highest BCUT2D eigenvalue weighted by Gasteiger charge is 2.11. The lowest BCUT2D eigenvalue weighted by Gasteiger charge is -2.14. The number of carbonyl (C=O) groups excluding carboxylic acids is 2. The van der Waals surface area contributed by atoms with Gasteiger partial charge in [-0.15, -0.1) is 0 Å². The molecule has 70 valence electrons. The molecule has 0 saturated heterocycles. The van der Waals surface area contributed by atoms with Crippen LogP contribution >= 0.6 is 0 Å². The molecule has 1 aromatic rings. The Morgan fingerprint density at radius 3 is 2.77 bits per heavy atom. The monoisotopic (exact) mass is 182 g/mol. The standard InChI is InChI=1S/C7H10N4O2/c1-10(4-6(8)12)7(13)11-3-2-9-5-11/h2-3,5H,4H2,1H3,(H2,8,12). The van der Waals surface area contributed by atoms with Crippen molar-refractivity contribution in [3.8, 4) is 0 Å². The Kier molecular flexibility index (Phi) is 2.63. The van der Waals surface area contributed by atoms with Gasteiger partial charge in [0.25, 0.3) is 0 Å². The van der Waals surface area contributed by atoms with Gasteiger partial charge in [0.05, 0.1) is 0 Å². The van der Waals surface area contributed by atoms with E-state index in [0.717, 1.165) is 0 Å². The maximum atomic E-state index is 11.4. The van der Waals surface area contributed by atoms with Crippen LogP contribution in [0.5, 0.6) is 0 Å². The van der Waals surface area contributed by atoms with Crippen LogP contribution in [0, 0.1) is 0 Å². The highest BCUT2D eigenvalue weighted by atomic mass is 16.2. The molecule has 13 heavy (non-hydrogen) atoms. The minimum absolute atomic E-state index is 0.100. The summed E-state index contributed by atoms with van der Waals surface area (Å²) >= 11 is 0. The van der Waals surface area contributed by atoms with Crippen molar-refractivity contribution in [2.24, 2.45) is 5.73 Å². The number of hydrogen-bond donors (Lipinski definition) is 1. The van der Waals surface area contributed by atoms with Crippen molar-refractivity contribution in [2.75, 3.05) is 13.6 Å². The molecule has 0 atom stereocenters. The smallest absolute Gasteiger partial charge is 0.329 e. The lowest BCUT2D eigenvalue weighted by Crippen LogP contribution is -2.37. The van der Waals surface area contributed by atoms with E-state index in [9.17, 15) is 9.59 Å². The third-order valence-electron chi connectivity index (χ3n) is 1.44. The van der Waals surface area contributed by atoms with E-state index < -0.39 is 5.91 Å². The summed E-state index contributed by atoms with van der Waals surface area (Å²) in [6, 6.07) is -0.337. The van der Waals surface area contributed by atoms with Gasteiger partial charge in [0, 0.05) is 19.4 Å². The molecule has 0 bridgehead atoms. The van der Waals surface area contributed by atoms with Crippen LogP contribution in [-0.4, -0.2) is 40.0 Å². The van der Waals surface area contributed by atoms with Crippen molar-refractivity contribution >= 4 is 11.9 Å². The van der Waals surface area contributed by atoms with Gasteiger partial charge in [-0.05, 0) is 0 Å². The van der Waals surface area contributed by atoms with Gasteiger partial charge in [0.15, 0.2) is 0 Å². The Morgan fingerprint density at radius 2 is 2.31 bits per heavy atom. The molecule has 1 rings (SSSR count). The fraction of sp³-hybridized carbons (Fsp3) is 0.286. The number of carbonyl (C=O) groups is 2. The quantitative estimate of drug-likeness (QED) is 0.654. The van der Waals surface area contributed by atoms with Crippen molar-refractivity contribution in [1.29, 1.82) is 0 Å². The molecule has 0 radical (unpaired) electrons. The predicted octanol–water partition coefficient (Wildman–Crippen LogP) is -0.732. The highest BCUT2D eigenvalue weighted by molar-refractivity contribution is 5.83. The van der Waals surface area contributed by atoms with Crippen molar-refractivity contribution in [3.05, 3.63) is 18.7 Å². The summed E-state index contributed by atoms with van der Waals surface area (Å²) in [7, 11) is 1.49. The van der Waals surface area contributed by atoms with E-state index in [1.165, 1.54) is 35.2 Å². The van der Waals surface area contributed by atoms with Gasteiger partial charge >= 0.3 is 6.03 Å². The molecule has 6 nitrogen and oxygen atoms in total. The van der Waals surface area contributed by atoms with E-state index in [2.05, 4.69) is 4.98 Å². The molecule has 0 saturated carbocycles. The van der Waals surface area contributed by atoms with Crippen LogP contribution in [-0.2, 0) is 4.79 Å². The first kappa shape index (κ1) is 9.24. The Hall–Kier alpha value is -1.85. The van der Waals surface area contributed by atoms with Crippen molar-refractivity contribution in [2.45, 2.75) is 0 Å². The molecule has 0 spiro atoms. The lowest BCUT2D eigenvalue weighted by molar-refractivity contribution is -0.118. The molecule has 0 aliphatic heterocycles. The summed E-state index contributed by atoms with van der Waals surface area (Å²) < 4.78 is 1.27. The normalized spacial score (nSPS) is 9.62. The van der Waals surface area contributed by atoms with Crippen LogP contribution in [0.3, 0.4) is 0 Å². The minimum Gasteiger partial charge on any atom is -0.368 e. The predicted molar refractivity (Wildman–Crippen MR) is 44.8 cm³/mol. The Labute approximate surface area is 75.0 Å². The average molecular weight is 182 g/mol. The van der Waals surface area contributed by atoms with E-state index in [4.69, 9.17) is 5.73 Å². The Bertz CT molecular complexity index is 306. The molecule has 0 aliphatic rings. The maximum Gasteiger partial charge on any atom is 0.329 e. The van der Waals surface area contributed by atoms with Gasteiger partial charge < -0.3 is 10.6 Å². The van der Waals surface area contributed by atoms with Gasteiger partial charge in [-0.25, -0.2) is 9.78 Å². The summed E-state index contributed by atoms with van der Waals surface area (Å²) in [5.74, 6) is -0.545. The number of likely N-dealkylation sites (N-methyl/N-ethyl adjacent to an activating group) is 1. The summed E-state index contributed by atoms with van der Waals surface area (Å²) in [5.41, 5.74) is 4.93. The summed E-state index contributed by atoms with van der Waals surface area (Å²) in [6.07, 6.45) is 4.34. The SMILES string of the molecule is CN(CC(N)=O)C(=O)n1ccnc1. The number of hydrogen-bond acceptors (Lipinski definition) is 3. The average Bonchev–Trinajstić information content (AvgIpc) is 2.53. The summed E-state index contributed by atoms with van der Waals surface area (Å²) in [6.45, 7) is -0.100. The molecule has 6 heteroatoms. The fourth-order valence-electron chi connectivity index (χ4n) is 0.871. The van der Waals surface area contributed by atoms with Crippen LogP contribution in [0.2, 0.25) is 0 Å². The highest BCUT2D eigenvalue weighted by Crippen LogP contribution is 1.92. The summed E-state index contributed by atoms with van der Waals surface area (Å²) in [5, 5.41) is 0. The number of nitrogens with two attached hydrogens (primary N) is 1.